The molecule has 166 valence electrons. The molecule has 0 N–H and O–H groups in total. The van der Waals surface area contributed by atoms with Crippen molar-refractivity contribution in [2.75, 3.05) is 32.7 Å². The Morgan fingerprint density at radius 2 is 1.32 bits per heavy atom. The van der Waals surface area contributed by atoms with Gasteiger partial charge in [0.15, 0.2) is 0 Å². The number of piperidine rings is 2. The Morgan fingerprint density at radius 1 is 0.742 bits per heavy atom. The summed E-state index contributed by atoms with van der Waals surface area (Å²) < 4.78 is 0. The monoisotopic (exact) mass is 418 g/mol. The summed E-state index contributed by atoms with van der Waals surface area (Å²) in [6, 6.07) is 21.6. The van der Waals surface area contributed by atoms with Crippen molar-refractivity contribution in [3.63, 3.8) is 0 Å². The van der Waals surface area contributed by atoms with Crippen LogP contribution in [0.3, 0.4) is 0 Å². The highest BCUT2D eigenvalue weighted by Gasteiger charge is 2.24. The van der Waals surface area contributed by atoms with Gasteiger partial charge in [0, 0.05) is 26.1 Å². The van der Waals surface area contributed by atoms with Crippen LogP contribution in [0.1, 0.15) is 49.7 Å². The average molecular weight is 419 g/mol. The largest absolute Gasteiger partial charge is 0.343 e. The fourth-order valence-corrected chi connectivity index (χ4v) is 5.26. The van der Waals surface area contributed by atoms with E-state index in [2.05, 4.69) is 70.5 Å². The lowest BCUT2D eigenvalue weighted by Gasteiger charge is -2.34. The van der Waals surface area contributed by atoms with Crippen LogP contribution in [0, 0.1) is 11.8 Å². The van der Waals surface area contributed by atoms with Gasteiger partial charge in [0.2, 0.25) is 5.91 Å². The topological polar surface area (TPSA) is 23.6 Å². The molecule has 2 aliphatic rings. The van der Waals surface area contributed by atoms with E-state index in [0.29, 0.717) is 12.3 Å². The molecule has 2 aliphatic heterocycles. The zero-order valence-corrected chi connectivity index (χ0v) is 18.9. The van der Waals surface area contributed by atoms with Crippen molar-refractivity contribution in [3.05, 3.63) is 71.8 Å². The molecule has 0 spiro atoms. The quantitative estimate of drug-likeness (QED) is 0.588. The van der Waals surface area contributed by atoms with Crippen molar-refractivity contribution in [1.82, 2.24) is 9.80 Å². The van der Waals surface area contributed by atoms with E-state index >= 15 is 0 Å². The maximum Gasteiger partial charge on any atom is 0.223 e. The molecule has 1 amide bonds. The van der Waals surface area contributed by atoms with E-state index in [1.54, 1.807) is 0 Å². The number of rotatable bonds is 8. The molecule has 0 aromatic heterocycles. The molecular weight excluding hydrogens is 380 g/mol. The third-order valence-corrected chi connectivity index (χ3v) is 7.37. The van der Waals surface area contributed by atoms with Crippen LogP contribution in [-0.4, -0.2) is 48.4 Å². The molecule has 2 fully saturated rings. The van der Waals surface area contributed by atoms with E-state index < -0.39 is 0 Å². The van der Waals surface area contributed by atoms with Crippen LogP contribution in [0.2, 0.25) is 0 Å². The van der Waals surface area contributed by atoms with Crippen LogP contribution in [0.5, 0.6) is 0 Å². The number of carbonyl (C=O) groups is 1. The third-order valence-electron chi connectivity index (χ3n) is 7.37. The van der Waals surface area contributed by atoms with Gasteiger partial charge in [-0.05, 0) is 81.0 Å². The Bertz CT molecular complexity index is 775. The first kappa shape index (κ1) is 22.1. The molecule has 31 heavy (non-hydrogen) atoms. The molecule has 2 heterocycles. The van der Waals surface area contributed by atoms with Crippen LogP contribution in [-0.2, 0) is 17.6 Å². The first-order chi connectivity index (χ1) is 15.3. The van der Waals surface area contributed by atoms with Gasteiger partial charge in [-0.1, -0.05) is 60.7 Å². The van der Waals surface area contributed by atoms with E-state index in [1.807, 2.05) is 0 Å². The summed E-state index contributed by atoms with van der Waals surface area (Å²) in [7, 11) is 0. The Morgan fingerprint density at radius 3 is 1.97 bits per heavy atom. The Labute approximate surface area is 188 Å². The Kier molecular flexibility index (Phi) is 8.17. The summed E-state index contributed by atoms with van der Waals surface area (Å²) in [5, 5.41) is 0. The van der Waals surface area contributed by atoms with Gasteiger partial charge >= 0.3 is 0 Å². The Hall–Kier alpha value is -2.13. The van der Waals surface area contributed by atoms with Gasteiger partial charge in [-0.25, -0.2) is 0 Å². The highest BCUT2D eigenvalue weighted by molar-refractivity contribution is 5.76. The second-order valence-corrected chi connectivity index (χ2v) is 9.57. The zero-order valence-electron chi connectivity index (χ0n) is 18.9. The molecule has 3 nitrogen and oxygen atoms in total. The summed E-state index contributed by atoms with van der Waals surface area (Å²) in [4.78, 5) is 17.4. The number of likely N-dealkylation sites (tertiary alicyclic amines) is 2. The summed E-state index contributed by atoms with van der Waals surface area (Å²) in [6.45, 7) is 5.14. The van der Waals surface area contributed by atoms with E-state index in [4.69, 9.17) is 0 Å². The number of aryl methyl sites for hydroxylation is 1. The van der Waals surface area contributed by atoms with Crippen LogP contribution >= 0.6 is 0 Å². The third kappa shape index (κ3) is 6.93. The average Bonchev–Trinajstić information content (AvgIpc) is 2.84. The van der Waals surface area contributed by atoms with Crippen LogP contribution in [0.25, 0.3) is 0 Å². The van der Waals surface area contributed by atoms with Crippen molar-refractivity contribution < 1.29 is 4.79 Å². The fraction of sp³-hybridized carbons (Fsp3) is 0.536. The van der Waals surface area contributed by atoms with Crippen molar-refractivity contribution in [3.8, 4) is 0 Å². The lowest BCUT2D eigenvalue weighted by atomic mass is 9.90. The highest BCUT2D eigenvalue weighted by Crippen LogP contribution is 2.24. The predicted molar refractivity (Wildman–Crippen MR) is 128 cm³/mol. The normalized spacial score (nSPS) is 18.9. The van der Waals surface area contributed by atoms with Gasteiger partial charge in [-0.2, -0.15) is 0 Å². The lowest BCUT2D eigenvalue weighted by molar-refractivity contribution is -0.133. The van der Waals surface area contributed by atoms with E-state index in [9.17, 15) is 4.79 Å². The van der Waals surface area contributed by atoms with Gasteiger partial charge in [0.05, 0.1) is 0 Å². The first-order valence-electron chi connectivity index (χ1n) is 12.3. The molecule has 2 aromatic carbocycles. The summed E-state index contributed by atoms with van der Waals surface area (Å²) in [5.41, 5.74) is 2.89. The second kappa shape index (κ2) is 11.5. The van der Waals surface area contributed by atoms with E-state index in [1.165, 1.54) is 36.8 Å². The Balaban J connectivity index is 1.10. The fourth-order valence-electron chi connectivity index (χ4n) is 5.26. The van der Waals surface area contributed by atoms with Crippen molar-refractivity contribution >= 4 is 5.91 Å². The predicted octanol–water partition coefficient (Wildman–Crippen LogP) is 5.20. The molecule has 2 saturated heterocycles. The molecular formula is C28H38N2O. The maximum atomic E-state index is 12.7. The van der Waals surface area contributed by atoms with Crippen LogP contribution in [0.4, 0.5) is 0 Å². The van der Waals surface area contributed by atoms with Gasteiger partial charge in [-0.3, -0.25) is 4.79 Å². The summed E-state index contributed by atoms with van der Waals surface area (Å²) in [5.74, 6) is 1.93. The number of carbonyl (C=O) groups excluding carboxylic acids is 1. The first-order valence-corrected chi connectivity index (χ1v) is 12.3. The van der Waals surface area contributed by atoms with Crippen molar-refractivity contribution in [2.24, 2.45) is 11.8 Å². The van der Waals surface area contributed by atoms with Gasteiger partial charge in [0.1, 0.15) is 0 Å². The number of hydrogen-bond acceptors (Lipinski definition) is 2. The minimum Gasteiger partial charge on any atom is -0.343 e. The van der Waals surface area contributed by atoms with Crippen LogP contribution in [0.15, 0.2) is 60.7 Å². The standard InChI is InChI=1S/C28H38N2O/c31-28(30-21-15-27(16-22-30)23-26-9-5-2-6-10-26)17-20-29-18-13-25(14-19-29)12-11-24-7-3-1-4-8-24/h1-10,25,27H,11-23H2. The summed E-state index contributed by atoms with van der Waals surface area (Å²) >= 11 is 0. The van der Waals surface area contributed by atoms with Crippen molar-refractivity contribution in [1.29, 1.82) is 0 Å². The van der Waals surface area contributed by atoms with Gasteiger partial charge in [0.25, 0.3) is 0 Å². The summed E-state index contributed by atoms with van der Waals surface area (Å²) in [6.07, 6.45) is 9.21. The number of benzene rings is 2. The molecule has 0 aliphatic carbocycles. The molecule has 2 aromatic rings. The highest BCUT2D eigenvalue weighted by atomic mass is 16.2. The zero-order chi connectivity index (χ0) is 21.3. The minimum absolute atomic E-state index is 0.365. The van der Waals surface area contributed by atoms with Gasteiger partial charge < -0.3 is 9.80 Å². The van der Waals surface area contributed by atoms with E-state index in [0.717, 1.165) is 63.8 Å². The lowest BCUT2D eigenvalue weighted by Crippen LogP contribution is -2.41. The molecule has 0 radical (unpaired) electrons. The molecule has 0 atom stereocenters. The molecule has 3 heteroatoms. The van der Waals surface area contributed by atoms with E-state index in [-0.39, 0.29) is 0 Å². The second-order valence-electron chi connectivity index (χ2n) is 9.57. The number of amides is 1. The maximum absolute atomic E-state index is 12.7. The molecule has 0 bridgehead atoms. The minimum atomic E-state index is 0.365. The van der Waals surface area contributed by atoms with Gasteiger partial charge in [-0.15, -0.1) is 0 Å². The SMILES string of the molecule is O=C(CCN1CCC(CCc2ccccc2)CC1)N1CCC(Cc2ccccc2)CC1. The number of hydrogen-bond donors (Lipinski definition) is 0. The van der Waals surface area contributed by atoms with Crippen LogP contribution < -0.4 is 0 Å². The smallest absolute Gasteiger partial charge is 0.223 e. The molecule has 0 unspecified atom stereocenters. The number of nitrogens with zero attached hydrogens (tertiary/aromatic N) is 2. The molecule has 0 saturated carbocycles. The van der Waals surface area contributed by atoms with Crippen molar-refractivity contribution in [2.45, 2.75) is 51.4 Å². The molecule has 4 rings (SSSR count).